The molecule has 1 aliphatic heterocycles. The second kappa shape index (κ2) is 7.18. The van der Waals surface area contributed by atoms with E-state index >= 15 is 0 Å². The molecule has 1 aromatic rings. The van der Waals surface area contributed by atoms with E-state index in [1.165, 1.54) is 11.1 Å². The van der Waals surface area contributed by atoms with E-state index in [4.69, 9.17) is 0 Å². The minimum atomic E-state index is 0.0729. The van der Waals surface area contributed by atoms with Gasteiger partial charge in [0.1, 0.15) is 5.37 Å². The zero-order valence-electron chi connectivity index (χ0n) is 14.7. The van der Waals surface area contributed by atoms with Crippen LogP contribution in [0.1, 0.15) is 43.2 Å². The zero-order chi connectivity index (χ0) is 17.3. The van der Waals surface area contributed by atoms with Crippen LogP contribution in [0, 0.1) is 12.8 Å². The topological polar surface area (TPSA) is 40.6 Å². The van der Waals surface area contributed by atoms with Gasteiger partial charge in [-0.1, -0.05) is 24.3 Å². The standard InChI is InChI=1S/C19H26N2O2S/c1-13(2)20(18(23)15-8-9-15)10-11-21-17(22)12-24-19(21)16-7-5-4-6-14(16)3/h4-7,13,15,19H,8-12H2,1-3H3. The van der Waals surface area contributed by atoms with E-state index < -0.39 is 0 Å². The molecule has 1 atom stereocenters. The molecule has 0 bridgehead atoms. The number of hydrogen-bond acceptors (Lipinski definition) is 3. The molecule has 3 rings (SSSR count). The third-order valence-corrected chi connectivity index (χ3v) is 6.08. The Hall–Kier alpha value is -1.49. The number of thioether (sulfide) groups is 1. The summed E-state index contributed by atoms with van der Waals surface area (Å²) in [5.41, 5.74) is 2.42. The average molecular weight is 346 g/mol. The summed E-state index contributed by atoms with van der Waals surface area (Å²) in [6.45, 7) is 7.44. The molecule has 1 heterocycles. The van der Waals surface area contributed by atoms with Crippen molar-refractivity contribution in [3.8, 4) is 0 Å². The van der Waals surface area contributed by atoms with Gasteiger partial charge in [0.25, 0.3) is 0 Å². The molecule has 1 unspecified atom stereocenters. The summed E-state index contributed by atoms with van der Waals surface area (Å²) < 4.78 is 0. The Bertz CT molecular complexity index is 628. The Balaban J connectivity index is 1.70. The third kappa shape index (κ3) is 3.61. The highest BCUT2D eigenvalue weighted by Crippen LogP contribution is 2.39. The third-order valence-electron chi connectivity index (χ3n) is 4.84. The molecule has 130 valence electrons. The SMILES string of the molecule is Cc1ccccc1C1SCC(=O)N1CCN(C(=O)C1CC1)C(C)C. The Labute approximate surface area is 148 Å². The fourth-order valence-electron chi connectivity index (χ4n) is 3.22. The molecule has 1 aromatic carbocycles. The Kier molecular flexibility index (Phi) is 5.18. The molecular weight excluding hydrogens is 320 g/mol. The molecule has 0 spiro atoms. The summed E-state index contributed by atoms with van der Waals surface area (Å²) in [5, 5.41) is 0.0729. The minimum absolute atomic E-state index is 0.0729. The number of carbonyl (C=O) groups excluding carboxylic acids is 2. The summed E-state index contributed by atoms with van der Waals surface area (Å²) >= 11 is 1.69. The van der Waals surface area contributed by atoms with E-state index in [2.05, 4.69) is 32.9 Å². The van der Waals surface area contributed by atoms with Gasteiger partial charge in [0.2, 0.25) is 11.8 Å². The van der Waals surface area contributed by atoms with Gasteiger partial charge < -0.3 is 9.80 Å². The van der Waals surface area contributed by atoms with E-state index in [0.29, 0.717) is 18.8 Å². The Morgan fingerprint density at radius 1 is 1.33 bits per heavy atom. The van der Waals surface area contributed by atoms with Gasteiger partial charge in [-0.15, -0.1) is 11.8 Å². The highest BCUT2D eigenvalue weighted by atomic mass is 32.2. The number of hydrogen-bond donors (Lipinski definition) is 0. The molecule has 2 amide bonds. The van der Waals surface area contributed by atoms with Crippen LogP contribution in [0.5, 0.6) is 0 Å². The van der Waals surface area contributed by atoms with Crippen molar-refractivity contribution in [2.75, 3.05) is 18.8 Å². The zero-order valence-corrected chi connectivity index (χ0v) is 15.5. The molecule has 1 saturated carbocycles. The molecular formula is C19H26N2O2S. The van der Waals surface area contributed by atoms with Crippen LogP contribution in [0.25, 0.3) is 0 Å². The van der Waals surface area contributed by atoms with Crippen molar-refractivity contribution in [1.82, 2.24) is 9.80 Å². The van der Waals surface area contributed by atoms with Crippen molar-refractivity contribution < 1.29 is 9.59 Å². The number of rotatable bonds is 6. The monoisotopic (exact) mass is 346 g/mol. The molecule has 24 heavy (non-hydrogen) atoms. The Morgan fingerprint density at radius 2 is 2.04 bits per heavy atom. The first-order valence-corrected chi connectivity index (χ1v) is 9.81. The summed E-state index contributed by atoms with van der Waals surface area (Å²) in [4.78, 5) is 28.7. The number of aryl methyl sites for hydroxylation is 1. The molecule has 0 N–H and O–H groups in total. The molecule has 1 saturated heterocycles. The van der Waals surface area contributed by atoms with Gasteiger partial charge in [0.15, 0.2) is 0 Å². The van der Waals surface area contributed by atoms with Crippen LogP contribution in [0.4, 0.5) is 0 Å². The lowest BCUT2D eigenvalue weighted by molar-refractivity contribution is -0.136. The van der Waals surface area contributed by atoms with Crippen LogP contribution < -0.4 is 0 Å². The highest BCUT2D eigenvalue weighted by molar-refractivity contribution is 8.00. The summed E-state index contributed by atoms with van der Waals surface area (Å²) in [5.74, 6) is 1.19. The first kappa shape index (κ1) is 17.3. The lowest BCUT2D eigenvalue weighted by Gasteiger charge is -2.31. The number of carbonyl (C=O) groups is 2. The fraction of sp³-hybridized carbons (Fsp3) is 0.579. The summed E-state index contributed by atoms with van der Waals surface area (Å²) in [7, 11) is 0. The maximum atomic E-state index is 12.5. The van der Waals surface area contributed by atoms with Crippen LogP contribution >= 0.6 is 11.8 Å². The predicted molar refractivity (Wildman–Crippen MR) is 97.7 cm³/mol. The summed E-state index contributed by atoms with van der Waals surface area (Å²) in [6.07, 6.45) is 2.04. The van der Waals surface area contributed by atoms with Crippen LogP contribution in [0.3, 0.4) is 0 Å². The average Bonchev–Trinajstić information content (AvgIpc) is 3.33. The van der Waals surface area contributed by atoms with Gasteiger partial charge in [-0.3, -0.25) is 9.59 Å². The van der Waals surface area contributed by atoms with E-state index in [-0.39, 0.29) is 29.1 Å². The number of benzene rings is 1. The van der Waals surface area contributed by atoms with Gasteiger partial charge in [0, 0.05) is 25.0 Å². The van der Waals surface area contributed by atoms with Crippen molar-refractivity contribution in [1.29, 1.82) is 0 Å². The second-order valence-electron chi connectivity index (χ2n) is 7.01. The lowest BCUT2D eigenvalue weighted by Crippen LogP contribution is -2.44. The van der Waals surface area contributed by atoms with E-state index in [9.17, 15) is 9.59 Å². The maximum absolute atomic E-state index is 12.5. The Morgan fingerprint density at radius 3 is 2.67 bits per heavy atom. The second-order valence-corrected chi connectivity index (χ2v) is 8.08. The smallest absolute Gasteiger partial charge is 0.233 e. The molecule has 4 nitrogen and oxygen atoms in total. The number of amides is 2. The molecule has 0 radical (unpaired) electrons. The molecule has 1 aliphatic carbocycles. The maximum Gasteiger partial charge on any atom is 0.233 e. The molecule has 0 aromatic heterocycles. The van der Waals surface area contributed by atoms with Gasteiger partial charge >= 0.3 is 0 Å². The van der Waals surface area contributed by atoms with Crippen molar-refractivity contribution >= 4 is 23.6 Å². The van der Waals surface area contributed by atoms with Crippen LogP contribution in [0.2, 0.25) is 0 Å². The quantitative estimate of drug-likeness (QED) is 0.794. The van der Waals surface area contributed by atoms with Crippen LogP contribution in [-0.4, -0.2) is 46.5 Å². The van der Waals surface area contributed by atoms with Crippen molar-refractivity contribution in [2.24, 2.45) is 5.92 Å². The van der Waals surface area contributed by atoms with Crippen LogP contribution in [-0.2, 0) is 9.59 Å². The van der Waals surface area contributed by atoms with E-state index in [0.717, 1.165) is 12.8 Å². The van der Waals surface area contributed by atoms with Gasteiger partial charge in [-0.2, -0.15) is 0 Å². The van der Waals surface area contributed by atoms with Gasteiger partial charge in [-0.05, 0) is 44.7 Å². The number of nitrogens with zero attached hydrogens (tertiary/aromatic N) is 2. The molecule has 5 heteroatoms. The summed E-state index contributed by atoms with van der Waals surface area (Å²) in [6, 6.07) is 8.43. The van der Waals surface area contributed by atoms with Gasteiger partial charge in [0.05, 0.1) is 5.75 Å². The van der Waals surface area contributed by atoms with Crippen molar-refractivity contribution in [2.45, 2.75) is 45.0 Å². The van der Waals surface area contributed by atoms with Crippen molar-refractivity contribution in [3.63, 3.8) is 0 Å². The van der Waals surface area contributed by atoms with E-state index in [1.807, 2.05) is 21.9 Å². The first-order valence-electron chi connectivity index (χ1n) is 8.76. The first-order chi connectivity index (χ1) is 11.5. The van der Waals surface area contributed by atoms with E-state index in [1.54, 1.807) is 11.8 Å². The van der Waals surface area contributed by atoms with Crippen molar-refractivity contribution in [3.05, 3.63) is 35.4 Å². The normalized spacial score (nSPS) is 20.8. The fourth-order valence-corrected chi connectivity index (χ4v) is 4.53. The minimum Gasteiger partial charge on any atom is -0.338 e. The lowest BCUT2D eigenvalue weighted by atomic mass is 10.1. The highest BCUT2D eigenvalue weighted by Gasteiger charge is 2.37. The molecule has 2 fully saturated rings. The largest absolute Gasteiger partial charge is 0.338 e. The molecule has 2 aliphatic rings. The predicted octanol–water partition coefficient (Wildman–Crippen LogP) is 3.22. The van der Waals surface area contributed by atoms with Crippen LogP contribution in [0.15, 0.2) is 24.3 Å². The van der Waals surface area contributed by atoms with Gasteiger partial charge in [-0.25, -0.2) is 0 Å².